The normalized spacial score (nSPS) is 20.4. The van der Waals surface area contributed by atoms with E-state index < -0.39 is 0 Å². The van der Waals surface area contributed by atoms with E-state index in [1.165, 1.54) is 25.7 Å². The van der Waals surface area contributed by atoms with Gasteiger partial charge in [0.15, 0.2) is 5.96 Å². The fourth-order valence-electron chi connectivity index (χ4n) is 4.12. The molecule has 1 amide bonds. The molecule has 7 nitrogen and oxygen atoms in total. The Balaban J connectivity index is 1.55. The van der Waals surface area contributed by atoms with E-state index >= 15 is 0 Å². The highest BCUT2D eigenvalue weighted by Crippen LogP contribution is 2.18. The topological polar surface area (TPSA) is 72.9 Å². The van der Waals surface area contributed by atoms with Gasteiger partial charge in [0, 0.05) is 50.9 Å². The quantitative estimate of drug-likeness (QED) is 0.553. The minimum Gasteiger partial charge on any atom is -0.357 e. The standard InChI is InChI=1S/C23H38N6O/c1-4-24-23(27-20-11-14-29(17-20)22(30)18(2)3)26-16-19-9-10-21(25-15-19)28-12-7-5-6-8-13-28/h9-10,15,18,20H,4-8,11-14,16-17H2,1-3H3,(H2,24,26,27). The van der Waals surface area contributed by atoms with Gasteiger partial charge in [0.2, 0.25) is 5.91 Å². The van der Waals surface area contributed by atoms with Gasteiger partial charge in [-0.2, -0.15) is 0 Å². The Labute approximate surface area is 181 Å². The van der Waals surface area contributed by atoms with E-state index in [-0.39, 0.29) is 17.9 Å². The summed E-state index contributed by atoms with van der Waals surface area (Å²) in [6, 6.07) is 4.51. The second kappa shape index (κ2) is 11.2. The number of hydrogen-bond acceptors (Lipinski definition) is 4. The van der Waals surface area contributed by atoms with Crippen LogP contribution in [0.2, 0.25) is 0 Å². The second-order valence-electron chi connectivity index (χ2n) is 8.69. The molecule has 2 aliphatic rings. The van der Waals surface area contributed by atoms with Crippen molar-refractivity contribution in [1.29, 1.82) is 0 Å². The van der Waals surface area contributed by atoms with Gasteiger partial charge in [-0.1, -0.05) is 32.8 Å². The zero-order chi connectivity index (χ0) is 21.3. The maximum absolute atomic E-state index is 12.2. The first-order valence-corrected chi connectivity index (χ1v) is 11.6. The number of amides is 1. The van der Waals surface area contributed by atoms with Gasteiger partial charge in [-0.15, -0.1) is 0 Å². The number of aliphatic imine (C=N–C) groups is 1. The lowest BCUT2D eigenvalue weighted by Gasteiger charge is -2.21. The zero-order valence-electron chi connectivity index (χ0n) is 18.9. The number of nitrogens with one attached hydrogen (secondary N) is 2. The molecule has 1 unspecified atom stereocenters. The van der Waals surface area contributed by atoms with Gasteiger partial charge in [-0.3, -0.25) is 4.79 Å². The largest absolute Gasteiger partial charge is 0.357 e. The molecule has 0 spiro atoms. The lowest BCUT2D eigenvalue weighted by Crippen LogP contribution is -2.45. The van der Waals surface area contributed by atoms with Crippen molar-refractivity contribution in [2.24, 2.45) is 10.9 Å². The van der Waals surface area contributed by atoms with Crippen LogP contribution >= 0.6 is 0 Å². The molecule has 1 aromatic rings. The number of rotatable bonds is 6. The summed E-state index contributed by atoms with van der Waals surface area (Å²) in [5.74, 6) is 2.17. The summed E-state index contributed by atoms with van der Waals surface area (Å²) < 4.78 is 0. The van der Waals surface area contributed by atoms with Gasteiger partial charge in [0.1, 0.15) is 5.82 Å². The Bertz CT molecular complexity index is 694. The molecule has 3 heterocycles. The first-order chi connectivity index (χ1) is 14.6. The molecule has 0 aliphatic carbocycles. The van der Waals surface area contributed by atoms with Crippen LogP contribution in [0, 0.1) is 5.92 Å². The number of likely N-dealkylation sites (tertiary alicyclic amines) is 1. The van der Waals surface area contributed by atoms with Gasteiger partial charge in [-0.25, -0.2) is 9.98 Å². The first-order valence-electron chi connectivity index (χ1n) is 11.6. The predicted molar refractivity (Wildman–Crippen MR) is 123 cm³/mol. The molecule has 0 radical (unpaired) electrons. The minimum atomic E-state index is 0.0513. The van der Waals surface area contributed by atoms with Crippen molar-refractivity contribution in [2.75, 3.05) is 37.6 Å². The molecule has 1 atom stereocenters. The average molecular weight is 415 g/mol. The number of anilines is 1. The highest BCUT2D eigenvalue weighted by molar-refractivity contribution is 5.81. The Kier molecular flexibility index (Phi) is 8.34. The van der Waals surface area contributed by atoms with Gasteiger partial charge >= 0.3 is 0 Å². The summed E-state index contributed by atoms with van der Waals surface area (Å²) in [4.78, 5) is 26.0. The van der Waals surface area contributed by atoms with Crippen molar-refractivity contribution < 1.29 is 4.79 Å². The van der Waals surface area contributed by atoms with Gasteiger partial charge in [0.25, 0.3) is 0 Å². The number of pyridine rings is 1. The van der Waals surface area contributed by atoms with Gasteiger partial charge < -0.3 is 20.4 Å². The Morgan fingerprint density at radius 1 is 1.20 bits per heavy atom. The third-order valence-electron chi connectivity index (χ3n) is 5.84. The number of carbonyl (C=O) groups is 1. The second-order valence-corrected chi connectivity index (χ2v) is 8.69. The summed E-state index contributed by atoms with van der Waals surface area (Å²) in [6.07, 6.45) is 8.07. The van der Waals surface area contributed by atoms with Crippen LogP contribution < -0.4 is 15.5 Å². The molecule has 1 aromatic heterocycles. The van der Waals surface area contributed by atoms with Crippen molar-refractivity contribution >= 4 is 17.7 Å². The molecule has 2 aliphatic heterocycles. The fraction of sp³-hybridized carbons (Fsp3) is 0.696. The van der Waals surface area contributed by atoms with E-state index in [1.54, 1.807) is 0 Å². The number of aromatic nitrogens is 1. The van der Waals surface area contributed by atoms with E-state index in [0.717, 1.165) is 56.5 Å². The monoisotopic (exact) mass is 414 g/mol. The van der Waals surface area contributed by atoms with Crippen LogP contribution in [0.15, 0.2) is 23.3 Å². The molecule has 2 fully saturated rings. The first kappa shape index (κ1) is 22.4. The number of hydrogen-bond donors (Lipinski definition) is 2. The molecule has 2 saturated heterocycles. The lowest BCUT2D eigenvalue weighted by molar-refractivity contribution is -0.133. The molecular formula is C23H38N6O. The fourth-order valence-corrected chi connectivity index (χ4v) is 4.12. The summed E-state index contributed by atoms with van der Waals surface area (Å²) >= 11 is 0. The van der Waals surface area contributed by atoms with Crippen LogP contribution in [0.3, 0.4) is 0 Å². The Morgan fingerprint density at radius 2 is 1.97 bits per heavy atom. The smallest absolute Gasteiger partial charge is 0.225 e. The molecule has 7 heteroatoms. The summed E-state index contributed by atoms with van der Waals surface area (Å²) in [7, 11) is 0. The highest BCUT2D eigenvalue weighted by atomic mass is 16.2. The van der Waals surface area contributed by atoms with Crippen LogP contribution in [0.25, 0.3) is 0 Å². The minimum absolute atomic E-state index is 0.0513. The number of carbonyl (C=O) groups excluding carboxylic acids is 1. The van der Waals surface area contributed by atoms with E-state index in [4.69, 9.17) is 4.99 Å². The van der Waals surface area contributed by atoms with Crippen LogP contribution in [-0.2, 0) is 11.3 Å². The third-order valence-corrected chi connectivity index (χ3v) is 5.84. The number of guanidine groups is 1. The number of nitrogens with zero attached hydrogens (tertiary/aromatic N) is 4. The predicted octanol–water partition coefficient (Wildman–Crippen LogP) is 2.77. The van der Waals surface area contributed by atoms with Crippen molar-refractivity contribution in [3.8, 4) is 0 Å². The van der Waals surface area contributed by atoms with Crippen LogP contribution in [0.5, 0.6) is 0 Å². The maximum atomic E-state index is 12.2. The summed E-state index contributed by atoms with van der Waals surface area (Å²) in [5.41, 5.74) is 1.11. The van der Waals surface area contributed by atoms with E-state index in [9.17, 15) is 4.79 Å². The Hall–Kier alpha value is -2.31. The van der Waals surface area contributed by atoms with E-state index in [1.807, 2.05) is 24.9 Å². The average Bonchev–Trinajstić information content (AvgIpc) is 3.04. The molecule has 2 N–H and O–H groups in total. The van der Waals surface area contributed by atoms with E-state index in [2.05, 4.69) is 39.6 Å². The van der Waals surface area contributed by atoms with Crippen molar-refractivity contribution in [3.05, 3.63) is 23.9 Å². The van der Waals surface area contributed by atoms with Gasteiger partial charge in [0.05, 0.1) is 6.54 Å². The lowest BCUT2D eigenvalue weighted by atomic mass is 10.2. The van der Waals surface area contributed by atoms with Crippen molar-refractivity contribution in [2.45, 2.75) is 65.5 Å². The maximum Gasteiger partial charge on any atom is 0.225 e. The molecule has 3 rings (SSSR count). The van der Waals surface area contributed by atoms with Crippen LogP contribution in [-0.4, -0.2) is 60.5 Å². The molecule has 0 aromatic carbocycles. The molecular weight excluding hydrogens is 376 g/mol. The zero-order valence-corrected chi connectivity index (χ0v) is 18.9. The van der Waals surface area contributed by atoms with Crippen LogP contribution in [0.1, 0.15) is 58.4 Å². The molecule has 30 heavy (non-hydrogen) atoms. The summed E-state index contributed by atoms with van der Waals surface area (Å²) in [5, 5.41) is 6.82. The van der Waals surface area contributed by atoms with Gasteiger partial charge in [-0.05, 0) is 37.8 Å². The SMILES string of the molecule is CCNC(=NCc1ccc(N2CCCCCC2)nc1)NC1CCN(C(=O)C(C)C)C1. The molecule has 0 bridgehead atoms. The highest BCUT2D eigenvalue weighted by Gasteiger charge is 2.27. The Morgan fingerprint density at radius 3 is 2.60 bits per heavy atom. The van der Waals surface area contributed by atoms with Crippen LogP contribution in [0.4, 0.5) is 5.82 Å². The summed E-state index contributed by atoms with van der Waals surface area (Å²) in [6.45, 7) is 11.2. The molecule has 0 saturated carbocycles. The van der Waals surface area contributed by atoms with E-state index in [0.29, 0.717) is 6.54 Å². The third kappa shape index (κ3) is 6.34. The van der Waals surface area contributed by atoms with Crippen molar-refractivity contribution in [1.82, 2.24) is 20.5 Å². The molecule has 166 valence electrons. The van der Waals surface area contributed by atoms with Crippen molar-refractivity contribution in [3.63, 3.8) is 0 Å².